The Morgan fingerprint density at radius 3 is 2.06 bits per heavy atom. The van der Waals surface area contributed by atoms with Gasteiger partial charge in [-0.25, -0.2) is 0 Å². The molecule has 0 nitrogen and oxygen atoms in total. The van der Waals surface area contributed by atoms with Crippen LogP contribution in [0, 0.1) is 6.92 Å². The summed E-state index contributed by atoms with van der Waals surface area (Å²) in [5.41, 5.74) is 3.85. The molecule has 0 aliphatic rings. The van der Waals surface area contributed by atoms with Crippen LogP contribution in [0.4, 0.5) is 0 Å². The summed E-state index contributed by atoms with van der Waals surface area (Å²) in [5, 5.41) is 0.846. The van der Waals surface area contributed by atoms with Gasteiger partial charge in [0.25, 0.3) is 0 Å². The first-order valence-electron chi connectivity index (χ1n) is 5.50. The SMILES string of the molecule is Cc1ccccc1C(C)c1ccccc1Cl. The standard InChI is InChI=1S/C15H15Cl/c1-11-7-3-4-8-13(11)12(2)14-9-5-6-10-15(14)16/h3-10,12H,1-2H3. The molecule has 0 aliphatic carbocycles. The van der Waals surface area contributed by atoms with Gasteiger partial charge in [-0.15, -0.1) is 0 Å². The predicted molar refractivity (Wildman–Crippen MR) is 70.1 cm³/mol. The first-order valence-corrected chi connectivity index (χ1v) is 5.88. The highest BCUT2D eigenvalue weighted by Crippen LogP contribution is 2.31. The molecule has 0 bridgehead atoms. The Morgan fingerprint density at radius 1 is 0.875 bits per heavy atom. The van der Waals surface area contributed by atoms with E-state index in [9.17, 15) is 0 Å². The Bertz CT molecular complexity index is 443. The number of rotatable bonds is 2. The molecular weight excluding hydrogens is 216 g/mol. The average Bonchev–Trinajstić information content (AvgIpc) is 2.29. The van der Waals surface area contributed by atoms with Crippen LogP contribution in [-0.4, -0.2) is 0 Å². The highest BCUT2D eigenvalue weighted by atomic mass is 35.5. The van der Waals surface area contributed by atoms with Crippen molar-refractivity contribution in [3.63, 3.8) is 0 Å². The van der Waals surface area contributed by atoms with Crippen molar-refractivity contribution in [2.75, 3.05) is 0 Å². The summed E-state index contributed by atoms with van der Waals surface area (Å²) in [7, 11) is 0. The van der Waals surface area contributed by atoms with E-state index in [2.05, 4.69) is 44.2 Å². The molecule has 0 spiro atoms. The lowest BCUT2D eigenvalue weighted by molar-refractivity contribution is 0.910. The molecule has 0 aliphatic heterocycles. The smallest absolute Gasteiger partial charge is 0.0444 e. The highest BCUT2D eigenvalue weighted by Gasteiger charge is 2.12. The third kappa shape index (κ3) is 2.12. The molecule has 16 heavy (non-hydrogen) atoms. The van der Waals surface area contributed by atoms with Crippen LogP contribution in [0.1, 0.15) is 29.5 Å². The van der Waals surface area contributed by atoms with Crippen LogP contribution < -0.4 is 0 Å². The van der Waals surface area contributed by atoms with Gasteiger partial charge < -0.3 is 0 Å². The average molecular weight is 231 g/mol. The zero-order valence-electron chi connectivity index (χ0n) is 9.57. The van der Waals surface area contributed by atoms with Crippen molar-refractivity contribution in [1.29, 1.82) is 0 Å². The Hall–Kier alpha value is -1.27. The molecule has 0 fully saturated rings. The highest BCUT2D eigenvalue weighted by molar-refractivity contribution is 6.31. The van der Waals surface area contributed by atoms with Gasteiger partial charge in [0.1, 0.15) is 0 Å². The number of hydrogen-bond donors (Lipinski definition) is 0. The first kappa shape index (κ1) is 11.2. The molecule has 0 saturated carbocycles. The lowest BCUT2D eigenvalue weighted by Crippen LogP contribution is -1.99. The zero-order valence-corrected chi connectivity index (χ0v) is 10.3. The topological polar surface area (TPSA) is 0 Å². The predicted octanol–water partition coefficient (Wildman–Crippen LogP) is 4.80. The van der Waals surface area contributed by atoms with Gasteiger partial charge >= 0.3 is 0 Å². The van der Waals surface area contributed by atoms with Crippen molar-refractivity contribution >= 4 is 11.6 Å². The lowest BCUT2D eigenvalue weighted by atomic mass is 9.90. The van der Waals surface area contributed by atoms with Crippen molar-refractivity contribution in [1.82, 2.24) is 0 Å². The Labute approximate surface area is 102 Å². The van der Waals surface area contributed by atoms with Crippen molar-refractivity contribution in [3.05, 3.63) is 70.2 Å². The molecule has 2 aromatic rings. The molecule has 0 aromatic heterocycles. The molecular formula is C15H15Cl. The molecule has 2 rings (SSSR count). The summed E-state index contributed by atoms with van der Waals surface area (Å²) in [6.07, 6.45) is 0. The van der Waals surface area contributed by atoms with Crippen molar-refractivity contribution in [3.8, 4) is 0 Å². The van der Waals surface area contributed by atoms with Crippen molar-refractivity contribution in [2.24, 2.45) is 0 Å². The van der Waals surface area contributed by atoms with E-state index >= 15 is 0 Å². The van der Waals surface area contributed by atoms with E-state index in [1.54, 1.807) is 0 Å². The van der Waals surface area contributed by atoms with E-state index in [0.29, 0.717) is 5.92 Å². The van der Waals surface area contributed by atoms with Gasteiger partial charge in [-0.05, 0) is 29.7 Å². The second-order valence-electron chi connectivity index (χ2n) is 4.10. The van der Waals surface area contributed by atoms with Crippen LogP contribution in [-0.2, 0) is 0 Å². The first-order chi connectivity index (χ1) is 7.70. The zero-order chi connectivity index (χ0) is 11.5. The molecule has 82 valence electrons. The van der Waals surface area contributed by atoms with Gasteiger partial charge in [-0.2, -0.15) is 0 Å². The number of benzene rings is 2. The van der Waals surface area contributed by atoms with E-state index in [1.165, 1.54) is 16.7 Å². The van der Waals surface area contributed by atoms with Gasteiger partial charge in [0.05, 0.1) is 0 Å². The quantitative estimate of drug-likeness (QED) is 0.695. The number of aryl methyl sites for hydroxylation is 1. The summed E-state index contributed by atoms with van der Waals surface area (Å²) in [4.78, 5) is 0. The molecule has 0 amide bonds. The summed E-state index contributed by atoms with van der Waals surface area (Å²) in [6.45, 7) is 4.34. The van der Waals surface area contributed by atoms with Crippen LogP contribution in [0.3, 0.4) is 0 Å². The Morgan fingerprint density at radius 2 is 1.44 bits per heavy atom. The molecule has 1 heteroatoms. The third-order valence-corrected chi connectivity index (χ3v) is 3.37. The maximum atomic E-state index is 6.22. The molecule has 1 unspecified atom stereocenters. The van der Waals surface area contributed by atoms with E-state index in [0.717, 1.165) is 5.02 Å². The molecule has 0 N–H and O–H groups in total. The van der Waals surface area contributed by atoms with Crippen LogP contribution >= 0.6 is 11.6 Å². The summed E-state index contributed by atoms with van der Waals surface area (Å²) in [6, 6.07) is 16.5. The Kier molecular flexibility index (Phi) is 3.31. The second kappa shape index (κ2) is 4.71. The lowest BCUT2D eigenvalue weighted by Gasteiger charge is -2.16. The van der Waals surface area contributed by atoms with Gasteiger partial charge in [0, 0.05) is 10.9 Å². The van der Waals surface area contributed by atoms with E-state index in [4.69, 9.17) is 11.6 Å². The summed E-state index contributed by atoms with van der Waals surface area (Å²) in [5.74, 6) is 0.342. The van der Waals surface area contributed by atoms with Gasteiger partial charge in [-0.1, -0.05) is 61.0 Å². The van der Waals surface area contributed by atoms with Gasteiger partial charge in [0.15, 0.2) is 0 Å². The monoisotopic (exact) mass is 230 g/mol. The maximum Gasteiger partial charge on any atom is 0.0444 e. The number of hydrogen-bond acceptors (Lipinski definition) is 0. The Balaban J connectivity index is 2.44. The fourth-order valence-electron chi connectivity index (χ4n) is 2.07. The second-order valence-corrected chi connectivity index (χ2v) is 4.51. The van der Waals surface area contributed by atoms with Crippen LogP contribution in [0.5, 0.6) is 0 Å². The minimum atomic E-state index is 0.342. The van der Waals surface area contributed by atoms with Crippen LogP contribution in [0.15, 0.2) is 48.5 Å². The molecule has 1 atom stereocenters. The third-order valence-electron chi connectivity index (χ3n) is 3.03. The maximum absolute atomic E-state index is 6.22. The largest absolute Gasteiger partial charge is 0.0840 e. The van der Waals surface area contributed by atoms with Crippen molar-refractivity contribution < 1.29 is 0 Å². The molecule has 0 saturated heterocycles. The minimum Gasteiger partial charge on any atom is -0.0840 e. The normalized spacial score (nSPS) is 12.4. The van der Waals surface area contributed by atoms with E-state index in [1.807, 2.05) is 18.2 Å². The molecule has 0 heterocycles. The van der Waals surface area contributed by atoms with E-state index < -0.39 is 0 Å². The van der Waals surface area contributed by atoms with Crippen LogP contribution in [0.2, 0.25) is 5.02 Å². The van der Waals surface area contributed by atoms with Crippen LogP contribution in [0.25, 0.3) is 0 Å². The fraction of sp³-hybridized carbons (Fsp3) is 0.200. The number of halogens is 1. The van der Waals surface area contributed by atoms with Crippen molar-refractivity contribution in [2.45, 2.75) is 19.8 Å². The minimum absolute atomic E-state index is 0.342. The van der Waals surface area contributed by atoms with Gasteiger partial charge in [0.2, 0.25) is 0 Å². The molecule has 2 aromatic carbocycles. The van der Waals surface area contributed by atoms with E-state index in [-0.39, 0.29) is 0 Å². The summed E-state index contributed by atoms with van der Waals surface area (Å²) >= 11 is 6.22. The summed E-state index contributed by atoms with van der Waals surface area (Å²) < 4.78 is 0. The van der Waals surface area contributed by atoms with Gasteiger partial charge in [-0.3, -0.25) is 0 Å². The fourth-order valence-corrected chi connectivity index (χ4v) is 2.37. The molecule has 0 radical (unpaired) electrons.